The maximum atomic E-state index is 2.40. The van der Waals surface area contributed by atoms with E-state index >= 15 is 0 Å². The molecule has 0 fully saturated rings. The zero-order valence-corrected chi connectivity index (χ0v) is 37.9. The third kappa shape index (κ3) is 8.84. The Morgan fingerprint density at radius 2 is 0.559 bits per heavy atom. The van der Waals surface area contributed by atoms with Gasteiger partial charge in [-0.3, -0.25) is 0 Å². The predicted octanol–water partition coefficient (Wildman–Crippen LogP) is 18.5. The summed E-state index contributed by atoms with van der Waals surface area (Å²) in [6, 6.07) is 94.1. The highest BCUT2D eigenvalue weighted by Crippen LogP contribution is 2.43. The van der Waals surface area contributed by atoms with Gasteiger partial charge in [0.15, 0.2) is 0 Å². The number of benzene rings is 10. The lowest BCUT2D eigenvalue weighted by atomic mass is 9.93. The second-order valence-corrected chi connectivity index (χ2v) is 17.2. The number of anilines is 5. The number of hydrogen-bond acceptors (Lipinski definition) is 2. The number of hydrogen-bond donors (Lipinski definition) is 0. The van der Waals surface area contributed by atoms with E-state index in [0.29, 0.717) is 0 Å². The van der Waals surface area contributed by atoms with Crippen LogP contribution in [-0.2, 0) is 0 Å². The molecule has 1 aliphatic carbocycles. The fraction of sp³-hybridized carbons (Fsp3) is 0.0303. The van der Waals surface area contributed by atoms with E-state index < -0.39 is 0 Å². The zero-order valence-electron chi connectivity index (χ0n) is 37.9. The Balaban J connectivity index is 0.877. The maximum Gasteiger partial charge on any atom is 0.0468 e. The summed E-state index contributed by atoms with van der Waals surface area (Å²) in [7, 11) is 0. The molecular formula is C66H50N2. The van der Waals surface area contributed by atoms with Crippen molar-refractivity contribution in [3.63, 3.8) is 0 Å². The fourth-order valence-corrected chi connectivity index (χ4v) is 9.49. The monoisotopic (exact) mass is 870 g/mol. The minimum absolute atomic E-state index is 1.02. The van der Waals surface area contributed by atoms with Gasteiger partial charge in [0.2, 0.25) is 0 Å². The molecule has 0 saturated heterocycles. The van der Waals surface area contributed by atoms with E-state index in [1.54, 1.807) is 0 Å². The number of para-hydroxylation sites is 1. The quantitative estimate of drug-likeness (QED) is 0.121. The van der Waals surface area contributed by atoms with E-state index in [9.17, 15) is 0 Å². The lowest BCUT2D eigenvalue weighted by Crippen LogP contribution is -2.16. The van der Waals surface area contributed by atoms with Crippen LogP contribution in [0.4, 0.5) is 28.4 Å². The summed E-state index contributed by atoms with van der Waals surface area (Å²) < 4.78 is 0. The maximum absolute atomic E-state index is 2.40. The SMILES string of the molecule is C1=CC(N(c2ccc(-c3ccc(-c4ccc(N(c5ccccc5)c5ccc(-c6ccccc6)c(-c6ccccc6)c5)cc4)cc3)cc2)c2ccc(-c3ccccc3)c(-c3ccccc3)c2)=CCC1. The molecule has 0 saturated carbocycles. The molecule has 68 heavy (non-hydrogen) atoms. The minimum Gasteiger partial charge on any atom is -0.311 e. The molecule has 0 heterocycles. The molecule has 10 aromatic rings. The number of nitrogens with zero attached hydrogens (tertiary/aromatic N) is 2. The van der Waals surface area contributed by atoms with Crippen LogP contribution in [0.1, 0.15) is 12.8 Å². The van der Waals surface area contributed by atoms with E-state index in [-0.39, 0.29) is 0 Å². The average Bonchev–Trinajstić information content (AvgIpc) is 3.43. The Morgan fingerprint density at radius 1 is 0.235 bits per heavy atom. The smallest absolute Gasteiger partial charge is 0.0468 e. The highest BCUT2D eigenvalue weighted by molar-refractivity contribution is 5.90. The Morgan fingerprint density at radius 3 is 0.956 bits per heavy atom. The van der Waals surface area contributed by atoms with Gasteiger partial charge in [-0.1, -0.05) is 212 Å². The Kier molecular flexibility index (Phi) is 12.0. The van der Waals surface area contributed by atoms with Crippen LogP contribution in [0, 0.1) is 0 Å². The predicted molar refractivity (Wildman–Crippen MR) is 289 cm³/mol. The number of allylic oxidation sites excluding steroid dienone is 3. The van der Waals surface area contributed by atoms with Crippen LogP contribution in [0.15, 0.2) is 285 Å². The van der Waals surface area contributed by atoms with Gasteiger partial charge in [0.05, 0.1) is 0 Å². The van der Waals surface area contributed by atoms with Crippen LogP contribution in [0.5, 0.6) is 0 Å². The minimum atomic E-state index is 1.02. The van der Waals surface area contributed by atoms with Crippen LogP contribution in [-0.4, -0.2) is 0 Å². The molecule has 324 valence electrons. The first-order valence-corrected chi connectivity index (χ1v) is 23.6. The third-order valence-electron chi connectivity index (χ3n) is 12.9. The van der Waals surface area contributed by atoms with Crippen LogP contribution < -0.4 is 9.80 Å². The molecule has 10 aromatic carbocycles. The Labute approximate surface area is 400 Å². The van der Waals surface area contributed by atoms with Gasteiger partial charge in [0.25, 0.3) is 0 Å². The molecule has 0 N–H and O–H groups in total. The first-order valence-electron chi connectivity index (χ1n) is 23.6. The van der Waals surface area contributed by atoms with Crippen molar-refractivity contribution >= 4 is 28.4 Å². The highest BCUT2D eigenvalue weighted by Gasteiger charge is 2.19. The van der Waals surface area contributed by atoms with E-state index in [2.05, 4.69) is 289 Å². The first-order chi connectivity index (χ1) is 33.7. The fourth-order valence-electron chi connectivity index (χ4n) is 9.49. The summed E-state index contributed by atoms with van der Waals surface area (Å²) in [6.45, 7) is 0. The van der Waals surface area contributed by atoms with Crippen molar-refractivity contribution in [1.82, 2.24) is 0 Å². The molecule has 0 spiro atoms. The van der Waals surface area contributed by atoms with Crippen LogP contribution in [0.2, 0.25) is 0 Å². The van der Waals surface area contributed by atoms with E-state index in [0.717, 1.165) is 41.3 Å². The lowest BCUT2D eigenvalue weighted by Gasteiger charge is -2.29. The van der Waals surface area contributed by atoms with Gasteiger partial charge >= 0.3 is 0 Å². The van der Waals surface area contributed by atoms with Gasteiger partial charge in [-0.15, -0.1) is 0 Å². The van der Waals surface area contributed by atoms with Crippen LogP contribution >= 0.6 is 0 Å². The van der Waals surface area contributed by atoms with Gasteiger partial charge in [-0.2, -0.15) is 0 Å². The van der Waals surface area contributed by atoms with Gasteiger partial charge in [0, 0.05) is 34.1 Å². The molecule has 0 bridgehead atoms. The number of rotatable bonds is 12. The first kappa shape index (κ1) is 41.9. The molecular weight excluding hydrogens is 821 g/mol. The lowest BCUT2D eigenvalue weighted by molar-refractivity contribution is 0.997. The average molecular weight is 871 g/mol. The van der Waals surface area contributed by atoms with Gasteiger partial charge < -0.3 is 9.80 Å². The van der Waals surface area contributed by atoms with Crippen molar-refractivity contribution in [3.8, 4) is 66.8 Å². The molecule has 0 radical (unpaired) electrons. The van der Waals surface area contributed by atoms with E-state index in [4.69, 9.17) is 0 Å². The zero-order chi connectivity index (χ0) is 45.5. The summed E-state index contributed by atoms with van der Waals surface area (Å²) in [5, 5.41) is 0. The largest absolute Gasteiger partial charge is 0.311 e. The molecule has 0 amide bonds. The van der Waals surface area contributed by atoms with Crippen molar-refractivity contribution in [2.75, 3.05) is 9.80 Å². The normalized spacial score (nSPS) is 12.0. The molecule has 0 aliphatic heterocycles. The molecule has 11 rings (SSSR count). The van der Waals surface area contributed by atoms with Gasteiger partial charge in [0.1, 0.15) is 0 Å². The Hall–Kier alpha value is -8.72. The molecule has 0 aromatic heterocycles. The van der Waals surface area contributed by atoms with Crippen LogP contribution in [0.25, 0.3) is 66.8 Å². The van der Waals surface area contributed by atoms with Crippen molar-refractivity contribution < 1.29 is 0 Å². The molecule has 0 unspecified atom stereocenters. The van der Waals surface area contributed by atoms with Crippen molar-refractivity contribution in [3.05, 3.63) is 285 Å². The Bertz CT molecular complexity index is 3320. The topological polar surface area (TPSA) is 6.48 Å². The second kappa shape index (κ2) is 19.4. The third-order valence-corrected chi connectivity index (χ3v) is 12.9. The van der Waals surface area contributed by atoms with Crippen molar-refractivity contribution in [1.29, 1.82) is 0 Å². The van der Waals surface area contributed by atoms with Crippen molar-refractivity contribution in [2.24, 2.45) is 0 Å². The van der Waals surface area contributed by atoms with Gasteiger partial charge in [-0.25, -0.2) is 0 Å². The molecule has 1 aliphatic rings. The standard InChI is InChI=1S/C66H50N2/c1-7-19-53(20-8-1)63-45-43-61(47-65(63)55-23-11-3-12-24-55)67(57-27-15-5-16-28-57)59-39-35-51(36-40-59)49-31-33-50(34-32-49)52-37-41-60(42-38-52)68(58-29-17-6-18-30-58)62-44-46-64(54-21-9-2-10-22-54)66(48-62)56-25-13-4-14-26-56/h1-5,7-17,19-48H,6,18H2. The van der Waals surface area contributed by atoms with Gasteiger partial charge in [-0.05, 0) is 146 Å². The molecule has 2 nitrogen and oxygen atoms in total. The van der Waals surface area contributed by atoms with Crippen LogP contribution in [0.3, 0.4) is 0 Å². The molecule has 0 atom stereocenters. The van der Waals surface area contributed by atoms with E-state index in [1.165, 1.54) is 72.5 Å². The summed E-state index contributed by atoms with van der Waals surface area (Å²) in [5.41, 5.74) is 21.1. The van der Waals surface area contributed by atoms with Crippen molar-refractivity contribution in [2.45, 2.75) is 12.8 Å². The van der Waals surface area contributed by atoms with E-state index in [1.807, 2.05) is 0 Å². The second-order valence-electron chi connectivity index (χ2n) is 17.2. The summed E-state index contributed by atoms with van der Waals surface area (Å²) in [6.07, 6.45) is 8.99. The summed E-state index contributed by atoms with van der Waals surface area (Å²) >= 11 is 0. The summed E-state index contributed by atoms with van der Waals surface area (Å²) in [5.74, 6) is 0. The molecule has 2 heteroatoms. The highest BCUT2D eigenvalue weighted by atomic mass is 15.1. The summed E-state index contributed by atoms with van der Waals surface area (Å²) in [4.78, 5) is 4.75.